The summed E-state index contributed by atoms with van der Waals surface area (Å²) in [6, 6.07) is 14.5. The highest BCUT2D eigenvalue weighted by atomic mass is 19.1. The molecule has 5 rings (SSSR count). The van der Waals surface area contributed by atoms with Crippen molar-refractivity contribution in [3.8, 4) is 0 Å². The molecule has 4 aromatic rings. The fraction of sp³-hybridized carbons (Fsp3) is 0.310. The molecule has 180 valence electrons. The summed E-state index contributed by atoms with van der Waals surface area (Å²) < 4.78 is 30.0. The molecular formula is C29H27F2NO3. The number of ketones is 1. The first-order chi connectivity index (χ1) is 16.8. The highest BCUT2D eigenvalue weighted by Gasteiger charge is 2.29. The van der Waals surface area contributed by atoms with E-state index in [0.717, 1.165) is 47.8 Å². The van der Waals surface area contributed by atoms with Gasteiger partial charge in [0.2, 0.25) is 0 Å². The minimum atomic E-state index is -0.934. The van der Waals surface area contributed by atoms with E-state index in [1.54, 1.807) is 41.0 Å². The van der Waals surface area contributed by atoms with Crippen molar-refractivity contribution < 1.29 is 23.5 Å². The fourth-order valence-corrected chi connectivity index (χ4v) is 5.88. The van der Waals surface area contributed by atoms with Crippen LogP contribution in [0, 0.1) is 24.5 Å². The van der Waals surface area contributed by atoms with Crippen LogP contribution >= 0.6 is 0 Å². The Balaban J connectivity index is 1.35. The third-order valence-electron chi connectivity index (χ3n) is 7.53. The molecule has 1 aliphatic rings. The Morgan fingerprint density at radius 1 is 0.943 bits per heavy atom. The predicted octanol–water partition coefficient (Wildman–Crippen LogP) is 7.01. The number of nitrogens with zero attached hydrogens (tertiary/aromatic N) is 1. The number of hydrogen-bond donors (Lipinski definition) is 1. The van der Waals surface area contributed by atoms with Crippen LogP contribution in [0.15, 0.2) is 54.6 Å². The Labute approximate surface area is 202 Å². The minimum absolute atomic E-state index is 0.0287. The van der Waals surface area contributed by atoms with Crippen LogP contribution in [0.4, 0.5) is 8.78 Å². The number of aliphatic carboxylic acids is 1. The van der Waals surface area contributed by atoms with Crippen molar-refractivity contribution in [2.45, 2.75) is 51.5 Å². The van der Waals surface area contributed by atoms with Gasteiger partial charge in [0, 0.05) is 34.0 Å². The van der Waals surface area contributed by atoms with Gasteiger partial charge in [0.05, 0.1) is 0 Å². The summed E-state index contributed by atoms with van der Waals surface area (Å²) in [5, 5.41) is 11.3. The van der Waals surface area contributed by atoms with Gasteiger partial charge >= 0.3 is 5.97 Å². The van der Waals surface area contributed by atoms with E-state index in [2.05, 4.69) is 0 Å². The van der Waals surface area contributed by atoms with Gasteiger partial charge in [-0.2, -0.15) is 0 Å². The van der Waals surface area contributed by atoms with Gasteiger partial charge in [0.15, 0.2) is 5.78 Å². The normalized spacial score (nSPS) is 18.3. The molecule has 0 spiro atoms. The topological polar surface area (TPSA) is 59.3 Å². The number of carbonyl (C=O) groups excluding carboxylic acids is 1. The Kier molecular flexibility index (Phi) is 6.13. The number of carbonyl (C=O) groups is 2. The van der Waals surface area contributed by atoms with Crippen LogP contribution in [0.1, 0.15) is 59.6 Å². The summed E-state index contributed by atoms with van der Waals surface area (Å²) in [5.74, 6) is -1.15. The summed E-state index contributed by atoms with van der Waals surface area (Å²) in [6.07, 6.45) is 3.83. The van der Waals surface area contributed by atoms with E-state index in [9.17, 15) is 23.5 Å². The molecule has 0 bridgehead atoms. The van der Waals surface area contributed by atoms with E-state index in [-0.39, 0.29) is 35.8 Å². The van der Waals surface area contributed by atoms with E-state index in [1.165, 1.54) is 18.2 Å². The zero-order valence-electron chi connectivity index (χ0n) is 19.6. The van der Waals surface area contributed by atoms with Gasteiger partial charge < -0.3 is 9.67 Å². The van der Waals surface area contributed by atoms with Crippen LogP contribution < -0.4 is 0 Å². The number of rotatable bonds is 6. The molecule has 0 atom stereocenters. The van der Waals surface area contributed by atoms with Crippen LogP contribution in [0.3, 0.4) is 0 Å². The summed E-state index contributed by atoms with van der Waals surface area (Å²) in [6.45, 7) is 1.74. The Morgan fingerprint density at radius 2 is 1.66 bits per heavy atom. The average molecular weight is 476 g/mol. The maximum atomic E-state index is 14.2. The first kappa shape index (κ1) is 23.2. The number of carboxylic acids is 1. The second-order valence-corrected chi connectivity index (χ2v) is 9.63. The number of carboxylic acid groups (broad SMARTS) is 1. The monoisotopic (exact) mass is 475 g/mol. The molecule has 1 fully saturated rings. The quantitative estimate of drug-likeness (QED) is 0.305. The molecule has 1 heterocycles. The SMILES string of the molecule is Cc1c(C2CCC(CC(=O)c3cccc4c(F)cccc34)CC2)c2cc(F)ccc2n1CC(=O)O. The van der Waals surface area contributed by atoms with Gasteiger partial charge in [-0.1, -0.05) is 30.3 Å². The molecule has 1 aromatic heterocycles. The molecule has 4 nitrogen and oxygen atoms in total. The van der Waals surface area contributed by atoms with Gasteiger partial charge in [-0.15, -0.1) is 0 Å². The summed E-state index contributed by atoms with van der Waals surface area (Å²) in [5.41, 5.74) is 3.19. The van der Waals surface area contributed by atoms with E-state index in [0.29, 0.717) is 22.8 Å². The van der Waals surface area contributed by atoms with Gasteiger partial charge in [0.25, 0.3) is 0 Å². The zero-order chi connectivity index (χ0) is 24.7. The van der Waals surface area contributed by atoms with Crippen molar-refractivity contribution in [1.29, 1.82) is 0 Å². The first-order valence-corrected chi connectivity index (χ1v) is 12.0. The van der Waals surface area contributed by atoms with E-state index >= 15 is 0 Å². The van der Waals surface area contributed by atoms with Gasteiger partial charge in [0.1, 0.15) is 18.2 Å². The zero-order valence-corrected chi connectivity index (χ0v) is 19.6. The van der Waals surface area contributed by atoms with Crippen molar-refractivity contribution in [2.24, 2.45) is 5.92 Å². The molecule has 1 aliphatic carbocycles. The van der Waals surface area contributed by atoms with E-state index in [4.69, 9.17) is 0 Å². The number of fused-ring (bicyclic) bond motifs is 2. The molecule has 1 N–H and O–H groups in total. The molecule has 1 saturated carbocycles. The van der Waals surface area contributed by atoms with Gasteiger partial charge in [-0.05, 0) is 79.7 Å². The maximum absolute atomic E-state index is 14.2. The minimum Gasteiger partial charge on any atom is -0.480 e. The molecule has 3 aromatic carbocycles. The van der Waals surface area contributed by atoms with Crippen LogP contribution in [0.2, 0.25) is 0 Å². The summed E-state index contributed by atoms with van der Waals surface area (Å²) in [4.78, 5) is 24.6. The lowest BCUT2D eigenvalue weighted by Gasteiger charge is -2.29. The average Bonchev–Trinajstić information content (AvgIpc) is 3.09. The van der Waals surface area contributed by atoms with Crippen molar-refractivity contribution in [3.05, 3.63) is 83.1 Å². The van der Waals surface area contributed by atoms with Crippen LogP contribution in [0.5, 0.6) is 0 Å². The number of halogens is 2. The number of benzene rings is 3. The van der Waals surface area contributed by atoms with Crippen LogP contribution in [-0.4, -0.2) is 21.4 Å². The molecular weight excluding hydrogens is 448 g/mol. The largest absolute Gasteiger partial charge is 0.480 e. The lowest BCUT2D eigenvalue weighted by molar-refractivity contribution is -0.137. The Hall–Kier alpha value is -3.54. The second kappa shape index (κ2) is 9.25. The number of Topliss-reactive ketones (excluding diaryl/α,β-unsaturated/α-hetero) is 1. The number of hydrogen-bond acceptors (Lipinski definition) is 2. The molecule has 0 amide bonds. The van der Waals surface area contributed by atoms with E-state index < -0.39 is 5.97 Å². The van der Waals surface area contributed by atoms with Gasteiger partial charge in [-0.3, -0.25) is 9.59 Å². The molecule has 0 unspecified atom stereocenters. The lowest BCUT2D eigenvalue weighted by Crippen LogP contribution is -2.17. The summed E-state index contributed by atoms with van der Waals surface area (Å²) in [7, 11) is 0. The highest BCUT2D eigenvalue weighted by Crippen LogP contribution is 2.43. The molecule has 0 aliphatic heterocycles. The first-order valence-electron chi connectivity index (χ1n) is 12.0. The maximum Gasteiger partial charge on any atom is 0.323 e. The fourth-order valence-electron chi connectivity index (χ4n) is 5.88. The van der Waals surface area contributed by atoms with Crippen molar-refractivity contribution in [3.63, 3.8) is 0 Å². The predicted molar refractivity (Wildman–Crippen MR) is 132 cm³/mol. The highest BCUT2D eigenvalue weighted by molar-refractivity contribution is 6.08. The smallest absolute Gasteiger partial charge is 0.323 e. The van der Waals surface area contributed by atoms with E-state index in [1.807, 2.05) is 6.92 Å². The molecule has 6 heteroatoms. The lowest BCUT2D eigenvalue weighted by atomic mass is 9.76. The Morgan fingerprint density at radius 3 is 2.40 bits per heavy atom. The van der Waals surface area contributed by atoms with Crippen molar-refractivity contribution in [2.75, 3.05) is 0 Å². The molecule has 0 saturated heterocycles. The Bertz CT molecular complexity index is 1450. The standard InChI is InChI=1S/C29H27F2NO3/c1-17-29(24-15-20(30)12-13-26(24)32(17)16-28(34)35)19-10-8-18(9-11-19)14-27(33)23-6-2-5-22-21(23)4-3-7-25(22)31/h2-7,12-13,15,18-19H,8-11,14,16H2,1H3,(H,34,35). The molecule has 35 heavy (non-hydrogen) atoms. The summed E-state index contributed by atoms with van der Waals surface area (Å²) >= 11 is 0. The molecule has 0 radical (unpaired) electrons. The second-order valence-electron chi connectivity index (χ2n) is 9.63. The van der Waals surface area contributed by atoms with Crippen molar-refractivity contribution in [1.82, 2.24) is 4.57 Å². The van der Waals surface area contributed by atoms with Crippen LogP contribution in [-0.2, 0) is 11.3 Å². The number of aromatic nitrogens is 1. The van der Waals surface area contributed by atoms with Crippen LogP contribution in [0.25, 0.3) is 21.7 Å². The third-order valence-corrected chi connectivity index (χ3v) is 7.53. The van der Waals surface area contributed by atoms with Gasteiger partial charge in [-0.25, -0.2) is 8.78 Å². The van der Waals surface area contributed by atoms with Crippen molar-refractivity contribution >= 4 is 33.4 Å². The third kappa shape index (κ3) is 4.33.